The molecule has 0 rings (SSSR count). The first-order chi connectivity index (χ1) is 5.48. The van der Waals surface area contributed by atoms with Gasteiger partial charge in [-0.25, -0.2) is 0 Å². The van der Waals surface area contributed by atoms with Crippen molar-refractivity contribution in [1.82, 2.24) is 0 Å². The van der Waals surface area contributed by atoms with Crippen molar-refractivity contribution < 1.29 is 0 Å². The Hall–Kier alpha value is 0.797. The van der Waals surface area contributed by atoms with Gasteiger partial charge in [-0.15, -0.1) is 23.2 Å². The van der Waals surface area contributed by atoms with E-state index in [1.807, 2.05) is 0 Å². The van der Waals surface area contributed by atoms with Crippen LogP contribution in [0.4, 0.5) is 0 Å². The molecule has 0 aromatic rings. The minimum Gasteiger partial charge on any atom is -0.105 e. The van der Waals surface area contributed by atoms with Crippen molar-refractivity contribution in [2.24, 2.45) is 0 Å². The van der Waals surface area contributed by atoms with Crippen molar-refractivity contribution in [3.63, 3.8) is 0 Å². The zero-order valence-corrected chi connectivity index (χ0v) is 10.7. The fourth-order valence-electron chi connectivity index (χ4n) is 0.808. The molecule has 0 nitrogen and oxygen atoms in total. The van der Waals surface area contributed by atoms with Gasteiger partial charge in [-0.1, -0.05) is 39.7 Å². The lowest BCUT2D eigenvalue weighted by molar-refractivity contribution is 0.637. The van der Waals surface area contributed by atoms with Gasteiger partial charge in [0.1, 0.15) is 4.84 Å². The van der Waals surface area contributed by atoms with Gasteiger partial charge in [0.05, 0.1) is 0 Å². The van der Waals surface area contributed by atoms with E-state index in [9.17, 15) is 0 Å². The predicted molar refractivity (Wildman–Crippen MR) is 59.6 cm³/mol. The third-order valence-electron chi connectivity index (χ3n) is 2.09. The summed E-state index contributed by atoms with van der Waals surface area (Å²) >= 11 is 11.3. The number of halogens is 2. The Bertz CT molecular complexity index is 113. The monoisotopic (exact) mass is 224 g/mol. The first-order valence-corrected chi connectivity index (χ1v) is 6.59. The Kier molecular flexibility index (Phi) is 6.70. The van der Waals surface area contributed by atoms with Crippen LogP contribution in [0.5, 0.6) is 0 Å². The molecule has 3 heteroatoms. The van der Waals surface area contributed by atoms with Crippen molar-refractivity contribution in [1.29, 1.82) is 0 Å². The molecule has 0 bridgehead atoms. The number of rotatable bonds is 6. The molecule has 0 saturated carbocycles. The molecule has 0 fully saturated rings. The average Bonchev–Trinajstić information content (AvgIpc) is 1.98. The highest BCUT2D eigenvalue weighted by Gasteiger charge is 2.15. The van der Waals surface area contributed by atoms with E-state index in [2.05, 4.69) is 20.8 Å². The fourth-order valence-corrected chi connectivity index (χ4v) is 2.42. The van der Waals surface area contributed by atoms with Gasteiger partial charge in [0.15, 0.2) is 0 Å². The predicted octanol–water partition coefficient (Wildman–Crippen LogP) is 4.30. The average molecular weight is 225 g/mol. The summed E-state index contributed by atoms with van der Waals surface area (Å²) in [4.78, 5) is -0.167. The molecule has 0 heterocycles. The number of hydrogen-bond donors (Lipinski definition) is 0. The zero-order valence-electron chi connectivity index (χ0n) is 8.16. The summed E-state index contributed by atoms with van der Waals surface area (Å²) in [7, 11) is 1.04. The summed E-state index contributed by atoms with van der Waals surface area (Å²) < 4.78 is 0. The molecular weight excluding hydrogens is 207 g/mol. The van der Waals surface area contributed by atoms with Crippen LogP contribution in [0.2, 0.25) is 11.1 Å². The summed E-state index contributed by atoms with van der Waals surface area (Å²) in [6, 6.07) is 1.27. The van der Waals surface area contributed by atoms with Gasteiger partial charge in [-0.3, -0.25) is 0 Å². The molecule has 0 aromatic heterocycles. The lowest BCUT2D eigenvalue weighted by Crippen LogP contribution is -2.11. The maximum atomic E-state index is 5.63. The maximum absolute atomic E-state index is 5.63. The zero-order chi connectivity index (χ0) is 9.61. The molecule has 0 aliphatic heterocycles. The van der Waals surface area contributed by atoms with Crippen molar-refractivity contribution in [3.05, 3.63) is 0 Å². The Labute approximate surface area is 88.8 Å². The van der Waals surface area contributed by atoms with Gasteiger partial charge in [-0.05, 0) is 11.5 Å². The largest absolute Gasteiger partial charge is 0.107 e. The minimum absolute atomic E-state index is 0.167. The summed E-state index contributed by atoms with van der Waals surface area (Å²) in [5, 5.41) is 0.522. The molecule has 0 aliphatic rings. The van der Waals surface area contributed by atoms with Crippen molar-refractivity contribution in [3.8, 4) is 0 Å². The molecule has 0 aliphatic carbocycles. The maximum Gasteiger partial charge on any atom is 0.107 e. The number of hydrogen-bond acceptors (Lipinski definition) is 0. The Balaban J connectivity index is 3.31. The second kappa shape index (κ2) is 6.28. The molecule has 12 heavy (non-hydrogen) atoms. The van der Waals surface area contributed by atoms with E-state index in [4.69, 9.17) is 23.2 Å². The molecule has 0 aromatic carbocycles. The van der Waals surface area contributed by atoms with Crippen LogP contribution in [0.3, 0.4) is 0 Å². The Morgan fingerprint density at radius 1 is 1.33 bits per heavy atom. The quantitative estimate of drug-likeness (QED) is 0.359. The van der Waals surface area contributed by atoms with Crippen LogP contribution in [-0.4, -0.2) is 14.4 Å². The van der Waals surface area contributed by atoms with Gasteiger partial charge >= 0.3 is 0 Å². The summed E-state index contributed by atoms with van der Waals surface area (Å²) in [6.45, 7) is 6.90. The van der Waals surface area contributed by atoms with Crippen LogP contribution in [0.1, 0.15) is 40.0 Å². The van der Waals surface area contributed by atoms with Crippen molar-refractivity contribution >= 4 is 32.7 Å². The van der Waals surface area contributed by atoms with E-state index in [0.29, 0.717) is 5.04 Å². The summed E-state index contributed by atoms with van der Waals surface area (Å²) in [6.07, 6.45) is 3.37. The second-order valence-corrected chi connectivity index (χ2v) is 7.18. The molecule has 0 unspecified atom stereocenters. The van der Waals surface area contributed by atoms with E-state index in [-0.39, 0.29) is 4.84 Å². The normalized spacial score (nSPS) is 12.5. The lowest BCUT2D eigenvalue weighted by atomic mass is 10.1. The molecule has 0 atom stereocenters. The van der Waals surface area contributed by atoms with E-state index < -0.39 is 0 Å². The summed E-state index contributed by atoms with van der Waals surface area (Å²) in [5.74, 6) is 0. The lowest BCUT2D eigenvalue weighted by Gasteiger charge is -2.21. The third kappa shape index (κ3) is 7.45. The van der Waals surface area contributed by atoms with E-state index >= 15 is 0 Å². The van der Waals surface area contributed by atoms with Crippen LogP contribution < -0.4 is 0 Å². The van der Waals surface area contributed by atoms with Gasteiger partial charge in [0, 0.05) is 9.52 Å². The third-order valence-corrected chi connectivity index (χ3v) is 4.44. The van der Waals surface area contributed by atoms with Crippen LogP contribution >= 0.6 is 23.2 Å². The van der Waals surface area contributed by atoms with Gasteiger partial charge in [-0.2, -0.15) is 0 Å². The van der Waals surface area contributed by atoms with E-state index in [1.165, 1.54) is 18.9 Å². The molecule has 72 valence electrons. The highest BCUT2D eigenvalue weighted by Crippen LogP contribution is 2.28. The highest BCUT2D eigenvalue weighted by molar-refractivity contribution is 6.44. The van der Waals surface area contributed by atoms with Gasteiger partial charge in [0.2, 0.25) is 0 Å². The Morgan fingerprint density at radius 3 is 2.33 bits per heavy atom. The molecule has 0 saturated heterocycles. The van der Waals surface area contributed by atoms with Crippen molar-refractivity contribution in [2.75, 3.05) is 0 Å². The van der Waals surface area contributed by atoms with Crippen LogP contribution in [-0.2, 0) is 0 Å². The molecule has 0 N–H and O–H groups in total. The smallest absolute Gasteiger partial charge is 0.105 e. The van der Waals surface area contributed by atoms with E-state index in [0.717, 1.165) is 15.9 Å². The standard InChI is InChI=1S/C9H18Cl2Si/c1-4-9(2,3)12-7-5-6-8(10)11/h8H,4-7H2,1-3H3. The first-order valence-electron chi connectivity index (χ1n) is 4.51. The highest BCUT2D eigenvalue weighted by atomic mass is 35.5. The van der Waals surface area contributed by atoms with Gasteiger partial charge < -0.3 is 0 Å². The number of alkyl halides is 2. The molecule has 0 amide bonds. The Morgan fingerprint density at radius 2 is 1.92 bits per heavy atom. The topological polar surface area (TPSA) is 0 Å². The first kappa shape index (κ1) is 12.8. The SMILES string of the molecule is CCC(C)(C)[Si]CCCC(Cl)Cl. The van der Waals surface area contributed by atoms with E-state index in [1.54, 1.807) is 0 Å². The van der Waals surface area contributed by atoms with Crippen LogP contribution in [0, 0.1) is 0 Å². The van der Waals surface area contributed by atoms with Crippen LogP contribution in [0.15, 0.2) is 0 Å². The molecule has 0 spiro atoms. The molecular formula is C9H18Cl2Si. The second-order valence-electron chi connectivity index (χ2n) is 3.70. The van der Waals surface area contributed by atoms with Crippen LogP contribution in [0.25, 0.3) is 0 Å². The molecule has 2 radical (unpaired) electrons. The summed E-state index contributed by atoms with van der Waals surface area (Å²) in [5.41, 5.74) is 0. The fraction of sp³-hybridized carbons (Fsp3) is 1.00. The minimum atomic E-state index is -0.167. The van der Waals surface area contributed by atoms with Crippen molar-refractivity contribution in [2.45, 2.75) is 56.0 Å². The van der Waals surface area contributed by atoms with Gasteiger partial charge in [0.25, 0.3) is 0 Å².